The van der Waals surface area contributed by atoms with Gasteiger partial charge in [-0.25, -0.2) is 0 Å². The van der Waals surface area contributed by atoms with E-state index < -0.39 is 11.8 Å². The van der Waals surface area contributed by atoms with Crippen molar-refractivity contribution in [1.82, 2.24) is 5.32 Å². The normalized spacial score (nSPS) is 10.8. The smallest absolute Gasteiger partial charge is 0.293 e. The van der Waals surface area contributed by atoms with E-state index in [1.54, 1.807) is 60.7 Å². The van der Waals surface area contributed by atoms with Crippen molar-refractivity contribution in [2.24, 2.45) is 0 Å². The Morgan fingerprint density at radius 2 is 1.51 bits per heavy atom. The summed E-state index contributed by atoms with van der Waals surface area (Å²) >= 11 is 17.5. The monoisotopic (exact) mass is 549 g/mol. The van der Waals surface area contributed by atoms with Crippen molar-refractivity contribution in [3.05, 3.63) is 106 Å². The zero-order chi connectivity index (χ0) is 25.9. The Morgan fingerprint density at radius 1 is 0.730 bits per heavy atom. The molecule has 2 amide bonds. The third kappa shape index (κ3) is 5.67. The van der Waals surface area contributed by atoms with Crippen LogP contribution in [0.3, 0.4) is 0 Å². The van der Waals surface area contributed by atoms with Crippen LogP contribution in [-0.2, 0) is 0 Å². The van der Waals surface area contributed by atoms with E-state index in [1.165, 1.54) is 6.07 Å². The molecule has 2 heterocycles. The number of fused-ring (bicyclic) bond motifs is 1. The number of anilines is 2. The maximum Gasteiger partial charge on any atom is 0.293 e. The maximum absolute atomic E-state index is 12.6. The molecule has 0 aliphatic heterocycles. The lowest BCUT2D eigenvalue weighted by Gasteiger charge is -2.10. The molecule has 0 bridgehead atoms. The van der Waals surface area contributed by atoms with Gasteiger partial charge < -0.3 is 19.5 Å². The molecule has 184 valence electrons. The summed E-state index contributed by atoms with van der Waals surface area (Å²) in [5.41, 5.74) is 2.26. The van der Waals surface area contributed by atoms with E-state index >= 15 is 0 Å². The lowest BCUT2D eigenvalue weighted by Crippen LogP contribution is -2.33. The Balaban J connectivity index is 1.21. The number of amides is 2. The van der Waals surface area contributed by atoms with Crippen molar-refractivity contribution in [2.75, 3.05) is 10.6 Å². The highest BCUT2D eigenvalue weighted by Crippen LogP contribution is 2.31. The number of carbonyl (C=O) groups excluding carboxylic acids is 2. The Bertz CT molecular complexity index is 1630. The van der Waals surface area contributed by atoms with Crippen LogP contribution in [0.15, 0.2) is 93.8 Å². The molecule has 2 aromatic heterocycles. The largest absolute Gasteiger partial charge is 0.451 e. The van der Waals surface area contributed by atoms with Gasteiger partial charge in [0, 0.05) is 27.3 Å². The van der Waals surface area contributed by atoms with E-state index in [9.17, 15) is 9.59 Å². The van der Waals surface area contributed by atoms with Crippen molar-refractivity contribution in [1.29, 1.82) is 0 Å². The van der Waals surface area contributed by atoms with E-state index in [4.69, 9.17) is 44.3 Å². The van der Waals surface area contributed by atoms with Crippen LogP contribution in [0.5, 0.6) is 0 Å². The average Bonchev–Trinajstić information content (AvgIpc) is 3.53. The first kappa shape index (κ1) is 24.6. The number of thiocarbonyl (C=S) groups is 1. The zero-order valence-corrected chi connectivity index (χ0v) is 21.2. The summed E-state index contributed by atoms with van der Waals surface area (Å²) < 4.78 is 11.3. The molecule has 5 rings (SSSR count). The van der Waals surface area contributed by atoms with E-state index in [0.29, 0.717) is 38.3 Å². The van der Waals surface area contributed by atoms with Gasteiger partial charge in [0.05, 0.1) is 5.02 Å². The second-order valence-electron chi connectivity index (χ2n) is 7.88. The molecule has 0 spiro atoms. The summed E-state index contributed by atoms with van der Waals surface area (Å²) in [6.45, 7) is 0. The number of furan rings is 2. The predicted molar refractivity (Wildman–Crippen MR) is 148 cm³/mol. The predicted octanol–water partition coefficient (Wildman–Crippen LogP) is 7.38. The van der Waals surface area contributed by atoms with Gasteiger partial charge in [-0.1, -0.05) is 47.5 Å². The van der Waals surface area contributed by atoms with E-state index in [2.05, 4.69) is 16.0 Å². The van der Waals surface area contributed by atoms with Crippen LogP contribution in [0.4, 0.5) is 11.4 Å². The van der Waals surface area contributed by atoms with Crippen LogP contribution in [0, 0.1) is 0 Å². The minimum Gasteiger partial charge on any atom is -0.451 e. The van der Waals surface area contributed by atoms with Crippen molar-refractivity contribution in [2.45, 2.75) is 0 Å². The molecular weight excluding hydrogens is 533 g/mol. The van der Waals surface area contributed by atoms with Crippen molar-refractivity contribution in [3.8, 4) is 11.3 Å². The summed E-state index contributed by atoms with van der Waals surface area (Å²) in [7, 11) is 0. The average molecular weight is 550 g/mol. The van der Waals surface area contributed by atoms with Gasteiger partial charge in [0.2, 0.25) is 0 Å². The number of hydrogen-bond donors (Lipinski definition) is 3. The molecular formula is C27H17Cl2N3O4S. The van der Waals surface area contributed by atoms with Gasteiger partial charge in [-0.3, -0.25) is 14.9 Å². The first-order chi connectivity index (χ1) is 17.9. The molecule has 10 heteroatoms. The molecule has 3 N–H and O–H groups in total. The standard InChI is InChI=1S/C27H17Cl2N3O4S/c28-16-8-9-20(29)19(13-16)22-10-11-23(36-22)25(33)32-27(37)31-18-6-3-5-17(14-18)30-26(34)24-12-15-4-1-2-7-21(15)35-24/h1-14H,(H,30,34)(H2,31,32,33,37). The van der Waals surface area contributed by atoms with Crippen LogP contribution in [-0.4, -0.2) is 16.9 Å². The summed E-state index contributed by atoms with van der Waals surface area (Å²) in [4.78, 5) is 25.3. The van der Waals surface area contributed by atoms with Gasteiger partial charge in [0.1, 0.15) is 11.3 Å². The van der Waals surface area contributed by atoms with Crippen molar-refractivity contribution in [3.63, 3.8) is 0 Å². The molecule has 7 nitrogen and oxygen atoms in total. The summed E-state index contributed by atoms with van der Waals surface area (Å²) in [6, 6.07) is 24.0. The van der Waals surface area contributed by atoms with E-state index in [-0.39, 0.29) is 16.6 Å². The Kier molecular flexibility index (Phi) is 6.96. The SMILES string of the molecule is O=C(NC(=S)Nc1cccc(NC(=O)c2cc3ccccc3o2)c1)c1ccc(-c2cc(Cl)ccc2Cl)o1. The van der Waals surface area contributed by atoms with E-state index in [0.717, 1.165) is 5.39 Å². The molecule has 0 saturated carbocycles. The Hall–Kier alpha value is -4.11. The number of halogens is 2. The highest BCUT2D eigenvalue weighted by molar-refractivity contribution is 7.80. The van der Waals surface area contributed by atoms with Crippen LogP contribution in [0.25, 0.3) is 22.3 Å². The second kappa shape index (κ2) is 10.5. The molecule has 3 aromatic carbocycles. The number of rotatable bonds is 5. The number of benzene rings is 3. The topological polar surface area (TPSA) is 96.5 Å². The third-order valence-corrected chi connectivity index (χ3v) is 6.05. The summed E-state index contributed by atoms with van der Waals surface area (Å²) in [5, 5.41) is 10.1. The van der Waals surface area contributed by atoms with Crippen LogP contribution in [0.2, 0.25) is 10.0 Å². The van der Waals surface area contributed by atoms with Crippen LogP contribution in [0.1, 0.15) is 21.1 Å². The van der Waals surface area contributed by atoms with Gasteiger partial charge >= 0.3 is 0 Å². The molecule has 0 aliphatic carbocycles. The Labute approximate surface area is 226 Å². The van der Waals surface area contributed by atoms with Gasteiger partial charge in [-0.15, -0.1) is 0 Å². The lowest BCUT2D eigenvalue weighted by atomic mass is 10.2. The lowest BCUT2D eigenvalue weighted by molar-refractivity contribution is 0.0950. The third-order valence-electron chi connectivity index (χ3n) is 5.28. The minimum absolute atomic E-state index is 0.0436. The highest BCUT2D eigenvalue weighted by Gasteiger charge is 2.16. The minimum atomic E-state index is -0.545. The van der Waals surface area contributed by atoms with Crippen molar-refractivity contribution >= 4 is 74.7 Å². The maximum atomic E-state index is 12.6. The van der Waals surface area contributed by atoms with Crippen LogP contribution >= 0.6 is 35.4 Å². The Morgan fingerprint density at radius 3 is 2.32 bits per heavy atom. The van der Waals surface area contributed by atoms with Gasteiger partial charge in [-0.2, -0.15) is 0 Å². The quantitative estimate of drug-likeness (QED) is 0.198. The first-order valence-electron chi connectivity index (χ1n) is 10.9. The zero-order valence-electron chi connectivity index (χ0n) is 18.9. The first-order valence-corrected chi connectivity index (χ1v) is 12.1. The second-order valence-corrected chi connectivity index (χ2v) is 9.13. The molecule has 0 radical (unpaired) electrons. The number of nitrogens with one attached hydrogen (secondary N) is 3. The number of hydrogen-bond acceptors (Lipinski definition) is 5. The highest BCUT2D eigenvalue weighted by atomic mass is 35.5. The van der Waals surface area contributed by atoms with Gasteiger partial charge in [-0.05, 0) is 72.9 Å². The van der Waals surface area contributed by atoms with Crippen molar-refractivity contribution < 1.29 is 18.4 Å². The molecule has 0 unspecified atom stereocenters. The fraction of sp³-hybridized carbons (Fsp3) is 0. The molecule has 0 aliphatic rings. The fourth-order valence-corrected chi connectivity index (χ4v) is 4.17. The molecule has 5 aromatic rings. The fourth-order valence-electron chi connectivity index (χ4n) is 3.58. The van der Waals surface area contributed by atoms with E-state index in [1.807, 2.05) is 18.2 Å². The molecule has 0 fully saturated rings. The number of carbonyl (C=O) groups is 2. The van der Waals surface area contributed by atoms with Gasteiger partial charge in [0.15, 0.2) is 16.6 Å². The van der Waals surface area contributed by atoms with Crippen LogP contribution < -0.4 is 16.0 Å². The van der Waals surface area contributed by atoms with Gasteiger partial charge in [0.25, 0.3) is 11.8 Å². The molecule has 0 saturated heterocycles. The summed E-state index contributed by atoms with van der Waals surface area (Å²) in [5.74, 6) is -0.306. The molecule has 0 atom stereocenters. The number of para-hydroxylation sites is 1. The summed E-state index contributed by atoms with van der Waals surface area (Å²) in [6.07, 6.45) is 0. The molecule has 37 heavy (non-hydrogen) atoms.